The van der Waals surface area contributed by atoms with Gasteiger partial charge in [0.1, 0.15) is 0 Å². The Morgan fingerprint density at radius 1 is 1.12 bits per heavy atom. The van der Waals surface area contributed by atoms with Crippen molar-refractivity contribution >= 4 is 52.4 Å². The Morgan fingerprint density at radius 2 is 1.71 bits per heavy atom. The first-order chi connectivity index (χ1) is 7.84. The number of hydrogen-bond donors (Lipinski definition) is 0. The fourth-order valence-electron chi connectivity index (χ4n) is 4.20. The predicted octanol–water partition coefficient (Wildman–Crippen LogP) is 3.91. The monoisotopic (exact) mass is 313 g/mol. The van der Waals surface area contributed by atoms with Crippen LogP contribution in [0.4, 0.5) is 4.39 Å². The Bertz CT molecular complexity index is 490. The summed E-state index contributed by atoms with van der Waals surface area (Å²) in [4.78, 5) is 1.07. The molecule has 3 aliphatic carbocycles. The number of fused-ring (bicyclic) bond motifs is 9. The highest BCUT2D eigenvalue weighted by atomic mass is 35.5. The zero-order valence-corrected chi connectivity index (χ0v) is 11.5. The fourth-order valence-corrected chi connectivity index (χ4v) is 5.99. The molecule has 4 aliphatic rings. The van der Waals surface area contributed by atoms with E-state index in [1.807, 2.05) is 0 Å². The van der Waals surface area contributed by atoms with Crippen LogP contribution in [-0.2, 0) is 0 Å². The van der Waals surface area contributed by atoms with Crippen molar-refractivity contribution in [1.82, 2.24) is 0 Å². The third-order valence-corrected chi connectivity index (χ3v) is 7.69. The number of allylic oxidation sites excluding steroid dienone is 2. The maximum absolute atomic E-state index is 14.0. The molecule has 2 saturated carbocycles. The molecule has 0 aromatic carbocycles. The molecule has 0 amide bonds. The molecule has 92 valence electrons. The van der Waals surface area contributed by atoms with Gasteiger partial charge >= 0.3 is 0 Å². The minimum Gasteiger partial charge on any atom is -0.233 e. The summed E-state index contributed by atoms with van der Waals surface area (Å²) in [6.07, 6.45) is 5.13. The Kier molecular flexibility index (Phi) is 1.88. The van der Waals surface area contributed by atoms with Crippen LogP contribution >= 0.6 is 46.4 Å². The summed E-state index contributed by atoms with van der Waals surface area (Å²) in [7, 11) is 0. The van der Waals surface area contributed by atoms with Gasteiger partial charge in [-0.2, -0.15) is 4.39 Å². The first kappa shape index (κ1) is 11.3. The average Bonchev–Trinajstić information content (AvgIpc) is 2.90. The average molecular weight is 315 g/mol. The van der Waals surface area contributed by atoms with Crippen LogP contribution in [0.25, 0.3) is 0 Å². The van der Waals surface area contributed by atoms with Crippen LogP contribution in [0.2, 0.25) is 0 Å². The van der Waals surface area contributed by atoms with E-state index in [0.29, 0.717) is 0 Å². The van der Waals surface area contributed by atoms with Crippen molar-refractivity contribution in [2.75, 3.05) is 0 Å². The molecule has 0 aromatic heterocycles. The van der Waals surface area contributed by atoms with Crippen molar-refractivity contribution in [2.45, 2.75) is 20.6 Å². The largest absolute Gasteiger partial charge is 0.233 e. The van der Waals surface area contributed by atoms with E-state index < -0.39 is 20.2 Å². The topological polar surface area (TPSA) is 12.4 Å². The van der Waals surface area contributed by atoms with Crippen LogP contribution < -0.4 is 0 Å². The summed E-state index contributed by atoms with van der Waals surface area (Å²) in [5.74, 6) is -0.449. The van der Waals surface area contributed by atoms with Crippen LogP contribution in [0.15, 0.2) is 17.1 Å². The van der Waals surface area contributed by atoms with Gasteiger partial charge in [-0.1, -0.05) is 47.0 Å². The molecule has 2 fully saturated rings. The fraction of sp³-hybridized carbons (Fsp3) is 0.727. The minimum atomic E-state index is -1.58. The lowest BCUT2D eigenvalue weighted by Gasteiger charge is -2.34. The SMILES string of the molecule is FC1=N[C@@]2(Cl)[C@@H]3[C@@H]([C@H]4C=C[C@@H]3C4)[C@]1(Cl)C2(Cl)Cl. The van der Waals surface area contributed by atoms with Gasteiger partial charge in [0.05, 0.1) is 0 Å². The van der Waals surface area contributed by atoms with Crippen molar-refractivity contribution in [1.29, 1.82) is 0 Å². The highest BCUT2D eigenvalue weighted by Gasteiger charge is 2.85. The molecule has 6 atom stereocenters. The van der Waals surface area contributed by atoms with Gasteiger partial charge in [-0.3, -0.25) is 0 Å². The third-order valence-electron chi connectivity index (χ3n) is 4.82. The Hall–Kier alpha value is 0.500. The van der Waals surface area contributed by atoms with E-state index in [2.05, 4.69) is 17.1 Å². The minimum absolute atomic E-state index is 0.0637. The summed E-state index contributed by atoms with van der Waals surface area (Å²) >= 11 is 25.5. The molecule has 17 heavy (non-hydrogen) atoms. The smallest absolute Gasteiger partial charge is 0.211 e. The van der Waals surface area contributed by atoms with E-state index in [0.717, 1.165) is 6.42 Å². The van der Waals surface area contributed by atoms with E-state index in [1.165, 1.54) is 0 Å². The highest BCUT2D eigenvalue weighted by molar-refractivity contribution is 6.63. The highest BCUT2D eigenvalue weighted by Crippen LogP contribution is 2.76. The van der Waals surface area contributed by atoms with Gasteiger partial charge < -0.3 is 0 Å². The van der Waals surface area contributed by atoms with Crippen LogP contribution in [0.5, 0.6) is 0 Å². The summed E-state index contributed by atoms with van der Waals surface area (Å²) < 4.78 is 12.5. The summed E-state index contributed by atoms with van der Waals surface area (Å²) in [5.41, 5.74) is 0. The maximum Gasteiger partial charge on any atom is 0.211 e. The van der Waals surface area contributed by atoms with E-state index >= 15 is 0 Å². The van der Waals surface area contributed by atoms with Crippen molar-refractivity contribution in [3.63, 3.8) is 0 Å². The van der Waals surface area contributed by atoms with Gasteiger partial charge in [0.15, 0.2) is 14.2 Å². The standard InChI is InChI=1S/C11H8Cl4FN/c12-9-6-4-1-2-5(3-4)7(6)10(13,11(9,14)15)17-8(9)16/h1-2,4-7H,3H2/t4-,5+,6+,7-,9+,10-/m0/s1. The maximum atomic E-state index is 14.0. The second kappa shape index (κ2) is 2.82. The predicted molar refractivity (Wildman–Crippen MR) is 67.9 cm³/mol. The van der Waals surface area contributed by atoms with Crippen LogP contribution in [0.1, 0.15) is 6.42 Å². The Morgan fingerprint density at radius 3 is 2.35 bits per heavy atom. The third kappa shape index (κ3) is 0.888. The second-order valence-corrected chi connectivity index (χ2v) is 7.86. The number of alkyl halides is 4. The number of rotatable bonds is 0. The summed E-state index contributed by atoms with van der Waals surface area (Å²) in [6, 6.07) is 0. The van der Waals surface area contributed by atoms with Crippen molar-refractivity contribution < 1.29 is 4.39 Å². The lowest BCUT2D eigenvalue weighted by atomic mass is 9.79. The molecule has 4 rings (SSSR count). The van der Waals surface area contributed by atoms with Gasteiger partial charge in [-0.05, 0) is 18.3 Å². The molecule has 0 radical (unpaired) electrons. The summed E-state index contributed by atoms with van der Waals surface area (Å²) in [5, 5.41) is 0. The van der Waals surface area contributed by atoms with Gasteiger partial charge in [0.25, 0.3) is 0 Å². The van der Waals surface area contributed by atoms with Crippen molar-refractivity contribution in [2.24, 2.45) is 28.7 Å². The summed E-state index contributed by atoms with van der Waals surface area (Å²) in [6.45, 7) is 0. The molecule has 0 aromatic rings. The van der Waals surface area contributed by atoms with Crippen molar-refractivity contribution in [3.05, 3.63) is 12.2 Å². The number of hydrogen-bond acceptors (Lipinski definition) is 1. The molecule has 0 unspecified atom stereocenters. The molecule has 1 nitrogen and oxygen atoms in total. The zero-order chi connectivity index (χ0) is 12.2. The van der Waals surface area contributed by atoms with E-state index in [-0.39, 0.29) is 23.7 Å². The molecule has 0 saturated heterocycles. The molecular formula is C11H8Cl4FN. The Balaban J connectivity index is 2.00. The van der Waals surface area contributed by atoms with E-state index in [1.54, 1.807) is 0 Å². The lowest BCUT2D eigenvalue weighted by Crippen LogP contribution is -2.48. The Labute approximate surface area is 118 Å². The number of nitrogens with zero attached hydrogens (tertiary/aromatic N) is 1. The molecule has 4 bridgehead atoms. The van der Waals surface area contributed by atoms with Crippen LogP contribution in [-0.4, -0.2) is 20.2 Å². The molecule has 6 heteroatoms. The quantitative estimate of drug-likeness (QED) is 0.278. The molecule has 0 spiro atoms. The normalized spacial score (nSPS) is 60.9. The molecule has 0 N–H and O–H groups in total. The van der Waals surface area contributed by atoms with E-state index in [9.17, 15) is 4.39 Å². The zero-order valence-electron chi connectivity index (χ0n) is 8.51. The molecule has 1 aliphatic heterocycles. The molecule has 1 heterocycles. The van der Waals surface area contributed by atoms with Gasteiger partial charge in [-0.25, -0.2) is 4.99 Å². The second-order valence-electron chi connectivity index (χ2n) is 5.36. The van der Waals surface area contributed by atoms with Gasteiger partial charge in [0, 0.05) is 11.8 Å². The van der Waals surface area contributed by atoms with Gasteiger partial charge in [0.2, 0.25) is 5.97 Å². The first-order valence-corrected chi connectivity index (χ1v) is 7.05. The van der Waals surface area contributed by atoms with Gasteiger partial charge in [-0.15, -0.1) is 11.6 Å². The molecular weight excluding hydrogens is 307 g/mol. The van der Waals surface area contributed by atoms with E-state index in [4.69, 9.17) is 46.4 Å². The lowest BCUT2D eigenvalue weighted by molar-refractivity contribution is 0.288. The van der Waals surface area contributed by atoms with Crippen LogP contribution in [0, 0.1) is 23.7 Å². The first-order valence-electron chi connectivity index (χ1n) is 5.54. The number of halogens is 5. The number of aliphatic imine (C=N–C) groups is 1. The van der Waals surface area contributed by atoms with Crippen LogP contribution in [0.3, 0.4) is 0 Å². The van der Waals surface area contributed by atoms with Crippen molar-refractivity contribution in [3.8, 4) is 0 Å².